The third-order valence-electron chi connectivity index (χ3n) is 0.842. The topological polar surface area (TPSA) is 202 Å². The zero-order chi connectivity index (χ0) is 12.7. The van der Waals surface area contributed by atoms with Gasteiger partial charge in [-0.05, 0) is 4.92 Å². The van der Waals surface area contributed by atoms with Gasteiger partial charge in [0.1, 0.15) is 0 Å². The van der Waals surface area contributed by atoms with Gasteiger partial charge in [0.25, 0.3) is 0 Å². The van der Waals surface area contributed by atoms with Gasteiger partial charge in [-0.25, -0.2) is 9.59 Å². The summed E-state index contributed by atoms with van der Waals surface area (Å²) in [6.07, 6.45) is 0. The molecule has 0 saturated carbocycles. The molecule has 0 aliphatic carbocycles. The molecule has 0 fully saturated rings. The van der Waals surface area contributed by atoms with Crippen molar-refractivity contribution in [3.05, 3.63) is 10.1 Å². The number of nitrogens with one attached hydrogen (secondary N) is 2. The molecule has 0 saturated heterocycles. The van der Waals surface area contributed by atoms with Crippen LogP contribution in [0.1, 0.15) is 0 Å². The Morgan fingerprint density at radius 1 is 1.44 bits per heavy atom. The molecule has 86 valence electrons. The van der Waals surface area contributed by atoms with E-state index in [0.29, 0.717) is 0 Å². The molecule has 16 heavy (non-hydrogen) atoms. The SMILES string of the molecule is N=C(N)NC(N)=O.O=C1N=NC([N+](=O)[O-])=N1. The van der Waals surface area contributed by atoms with Gasteiger partial charge in [0.2, 0.25) is 0 Å². The predicted octanol–water partition coefficient (Wildman–Crippen LogP) is -1.25. The smallest absolute Gasteiger partial charge is 0.390 e. The molecule has 12 nitrogen and oxygen atoms in total. The van der Waals surface area contributed by atoms with Crippen LogP contribution in [0, 0.1) is 15.5 Å². The highest BCUT2D eigenvalue weighted by Gasteiger charge is 2.23. The van der Waals surface area contributed by atoms with Crippen LogP contribution in [-0.4, -0.2) is 28.9 Å². The van der Waals surface area contributed by atoms with Crippen molar-refractivity contribution in [3.8, 4) is 0 Å². The zero-order valence-electron chi connectivity index (χ0n) is 7.58. The van der Waals surface area contributed by atoms with E-state index in [9.17, 15) is 19.7 Å². The molecule has 6 N–H and O–H groups in total. The highest BCUT2D eigenvalue weighted by atomic mass is 16.6. The first kappa shape index (κ1) is 13.1. The molecule has 1 aliphatic rings. The normalized spacial score (nSPS) is 12.2. The monoisotopic (exact) mass is 230 g/mol. The summed E-state index contributed by atoms with van der Waals surface area (Å²) in [6, 6.07) is -1.74. The van der Waals surface area contributed by atoms with E-state index in [1.165, 1.54) is 0 Å². The molecule has 1 rings (SSSR count). The third kappa shape index (κ3) is 5.68. The van der Waals surface area contributed by atoms with E-state index < -0.39 is 28.9 Å². The summed E-state index contributed by atoms with van der Waals surface area (Å²) in [7, 11) is 0. The first-order valence-corrected chi connectivity index (χ1v) is 3.42. The van der Waals surface area contributed by atoms with E-state index >= 15 is 0 Å². The summed E-state index contributed by atoms with van der Waals surface area (Å²) in [6.45, 7) is 0. The first-order chi connectivity index (χ1) is 7.32. The lowest BCUT2D eigenvalue weighted by atomic mass is 10.9. The van der Waals surface area contributed by atoms with Crippen LogP contribution in [0.3, 0.4) is 0 Å². The van der Waals surface area contributed by atoms with Crippen molar-refractivity contribution >= 4 is 24.0 Å². The molecule has 0 atom stereocenters. The van der Waals surface area contributed by atoms with Crippen molar-refractivity contribution in [2.24, 2.45) is 26.7 Å². The molecule has 1 heterocycles. The van der Waals surface area contributed by atoms with Gasteiger partial charge >= 0.3 is 18.0 Å². The van der Waals surface area contributed by atoms with Crippen molar-refractivity contribution < 1.29 is 14.5 Å². The number of azo groups is 1. The highest BCUT2D eigenvalue weighted by Crippen LogP contribution is 1.97. The number of guanidine groups is 2. The Balaban J connectivity index is 0.000000293. The quantitative estimate of drug-likeness (QED) is 0.174. The number of amides is 4. The van der Waals surface area contributed by atoms with E-state index in [1.807, 2.05) is 0 Å². The molecule has 1 aliphatic heterocycles. The Kier molecular flexibility index (Phi) is 4.69. The Labute approximate surface area is 87.1 Å². The summed E-state index contributed by atoms with van der Waals surface area (Å²) in [5.74, 6) is -1.19. The van der Waals surface area contributed by atoms with Gasteiger partial charge in [0.15, 0.2) is 5.96 Å². The number of rotatable bonds is 0. The minimum absolute atomic E-state index is 0.437. The summed E-state index contributed by atoms with van der Waals surface area (Å²) in [5, 5.41) is 23.5. The summed E-state index contributed by atoms with van der Waals surface area (Å²) < 4.78 is 0. The molecule has 0 aromatic carbocycles. The van der Waals surface area contributed by atoms with Crippen molar-refractivity contribution in [1.82, 2.24) is 5.32 Å². The van der Waals surface area contributed by atoms with Gasteiger partial charge in [-0.3, -0.25) is 10.7 Å². The van der Waals surface area contributed by atoms with Crippen LogP contribution in [-0.2, 0) is 0 Å². The number of primary amides is 1. The van der Waals surface area contributed by atoms with Gasteiger partial charge in [-0.2, -0.15) is 0 Å². The van der Waals surface area contributed by atoms with Crippen LogP contribution in [0.25, 0.3) is 0 Å². The molecule has 0 radical (unpaired) electrons. The lowest BCUT2D eigenvalue weighted by molar-refractivity contribution is -0.351. The van der Waals surface area contributed by atoms with E-state index in [0.717, 1.165) is 0 Å². The number of urea groups is 2. The minimum Gasteiger partial charge on any atom is -0.390 e. The summed E-state index contributed by atoms with van der Waals surface area (Å²) in [5.41, 5.74) is 9.19. The average molecular weight is 230 g/mol. The third-order valence-corrected chi connectivity index (χ3v) is 0.842. The van der Waals surface area contributed by atoms with Crippen molar-refractivity contribution in [1.29, 1.82) is 5.41 Å². The second-order valence-corrected chi connectivity index (χ2v) is 2.05. The maximum atomic E-state index is 10.0. The fourth-order valence-electron chi connectivity index (χ4n) is 0.428. The zero-order valence-corrected chi connectivity index (χ0v) is 7.58. The number of nitro groups is 1. The predicted molar refractivity (Wildman–Crippen MR) is 49.3 cm³/mol. The molecule has 0 spiro atoms. The minimum atomic E-state index is -0.929. The van der Waals surface area contributed by atoms with Crippen LogP contribution in [0.5, 0.6) is 0 Å². The Hall–Kier alpha value is -2.92. The van der Waals surface area contributed by atoms with Crippen LogP contribution in [0.15, 0.2) is 15.2 Å². The fraction of sp³-hybridized carbons (Fsp3) is 0. The van der Waals surface area contributed by atoms with Gasteiger partial charge in [0, 0.05) is 10.1 Å². The van der Waals surface area contributed by atoms with E-state index in [1.54, 1.807) is 5.32 Å². The number of nitrogens with two attached hydrogens (primary N) is 2. The summed E-state index contributed by atoms with van der Waals surface area (Å²) in [4.78, 5) is 31.4. The van der Waals surface area contributed by atoms with Crippen LogP contribution >= 0.6 is 0 Å². The van der Waals surface area contributed by atoms with Gasteiger partial charge < -0.3 is 21.6 Å². The largest absolute Gasteiger partial charge is 0.496 e. The number of hydrogen-bond donors (Lipinski definition) is 4. The number of carbonyl (C=O) groups is 2. The molecule has 0 unspecified atom stereocenters. The fourth-order valence-corrected chi connectivity index (χ4v) is 0.428. The second-order valence-electron chi connectivity index (χ2n) is 2.05. The second kappa shape index (κ2) is 5.74. The lowest BCUT2D eigenvalue weighted by Gasteiger charge is -1.91. The van der Waals surface area contributed by atoms with Crippen molar-refractivity contribution in [2.75, 3.05) is 0 Å². The van der Waals surface area contributed by atoms with Crippen LogP contribution < -0.4 is 16.8 Å². The van der Waals surface area contributed by atoms with E-state index in [4.69, 9.17) is 5.41 Å². The van der Waals surface area contributed by atoms with Crippen LogP contribution in [0.2, 0.25) is 0 Å². The molecule has 0 aromatic heterocycles. The standard InChI is InChI=1S/C2N4O3.C2H6N4O/c7-2-3-1(4-5-2)6(8)9;3-1(4)6-2(5)7/h;(H6,3,4,5,6,7). The van der Waals surface area contributed by atoms with E-state index in [-0.39, 0.29) is 0 Å². The average Bonchev–Trinajstić information content (AvgIpc) is 2.50. The Morgan fingerprint density at radius 3 is 2.12 bits per heavy atom. The number of carbonyl (C=O) groups excluding carboxylic acids is 2. The highest BCUT2D eigenvalue weighted by molar-refractivity contribution is 5.93. The molecule has 4 amide bonds. The molecule has 12 heteroatoms. The van der Waals surface area contributed by atoms with E-state index in [2.05, 4.69) is 26.7 Å². The maximum Gasteiger partial charge on any atom is 0.496 e. The Morgan fingerprint density at radius 2 is 2.00 bits per heavy atom. The Bertz CT molecular complexity index is 385. The number of nitrogens with zero attached hydrogens (tertiary/aromatic N) is 4. The number of aliphatic imine (C=N–C) groups is 1. The molecule has 0 aromatic rings. The van der Waals surface area contributed by atoms with Gasteiger partial charge in [0.05, 0.1) is 5.11 Å². The van der Waals surface area contributed by atoms with Gasteiger partial charge in [-0.15, -0.1) is 0 Å². The molecular formula is C4H6N8O4. The summed E-state index contributed by atoms with van der Waals surface area (Å²) >= 11 is 0. The van der Waals surface area contributed by atoms with Gasteiger partial charge in [-0.1, -0.05) is 0 Å². The van der Waals surface area contributed by atoms with Crippen LogP contribution in [0.4, 0.5) is 9.59 Å². The number of hydrogen-bond acceptors (Lipinski definition) is 6. The van der Waals surface area contributed by atoms with Crippen molar-refractivity contribution in [2.45, 2.75) is 0 Å². The first-order valence-electron chi connectivity index (χ1n) is 3.42. The van der Waals surface area contributed by atoms with Crippen molar-refractivity contribution in [3.63, 3.8) is 0 Å². The molecular weight excluding hydrogens is 224 g/mol. The lowest BCUT2D eigenvalue weighted by Crippen LogP contribution is -2.39. The molecule has 0 bridgehead atoms. The maximum absolute atomic E-state index is 10.0.